The Bertz CT molecular complexity index is 654. The molecule has 1 saturated carbocycles. The lowest BCUT2D eigenvalue weighted by atomic mass is 10.0. The van der Waals surface area contributed by atoms with Crippen LogP contribution in [0.1, 0.15) is 24.8 Å². The molecule has 0 radical (unpaired) electrons. The van der Waals surface area contributed by atoms with Crippen molar-refractivity contribution >= 4 is 5.91 Å². The first-order valence-electron chi connectivity index (χ1n) is 8.34. The van der Waals surface area contributed by atoms with Crippen molar-refractivity contribution in [1.82, 2.24) is 5.32 Å². The van der Waals surface area contributed by atoms with Crippen molar-refractivity contribution in [3.05, 3.63) is 60.2 Å². The number of nitrogens with one attached hydrogen (secondary N) is 1. The third-order valence-corrected chi connectivity index (χ3v) is 4.56. The second kappa shape index (κ2) is 7.42. The first kappa shape index (κ1) is 15.8. The smallest absolute Gasteiger partial charge is 0.225 e. The molecule has 2 N–H and O–H groups in total. The molecule has 0 saturated heterocycles. The van der Waals surface area contributed by atoms with E-state index in [2.05, 4.69) is 41.7 Å². The predicted octanol–water partition coefficient (Wildman–Crippen LogP) is 3.17. The van der Waals surface area contributed by atoms with Crippen molar-refractivity contribution in [1.29, 1.82) is 0 Å². The topological polar surface area (TPSA) is 49.3 Å². The molecule has 1 aliphatic rings. The summed E-state index contributed by atoms with van der Waals surface area (Å²) in [5.74, 6) is -0.222. The molecule has 2 aromatic rings. The number of amides is 1. The number of carbonyl (C=O) groups is 1. The largest absolute Gasteiger partial charge is 0.392 e. The van der Waals surface area contributed by atoms with Gasteiger partial charge >= 0.3 is 0 Å². The lowest BCUT2D eigenvalue weighted by molar-refractivity contribution is -0.127. The minimum Gasteiger partial charge on any atom is -0.392 e. The monoisotopic (exact) mass is 309 g/mol. The Hall–Kier alpha value is -2.13. The van der Waals surface area contributed by atoms with Crippen LogP contribution >= 0.6 is 0 Å². The van der Waals surface area contributed by atoms with E-state index in [1.165, 1.54) is 16.7 Å². The van der Waals surface area contributed by atoms with E-state index in [-0.39, 0.29) is 11.8 Å². The maximum absolute atomic E-state index is 12.1. The molecule has 3 nitrogen and oxygen atoms in total. The lowest BCUT2D eigenvalue weighted by Gasteiger charge is -2.14. The second-order valence-corrected chi connectivity index (χ2v) is 6.21. The van der Waals surface area contributed by atoms with E-state index in [4.69, 9.17) is 0 Å². The molecule has 2 atom stereocenters. The Labute approximate surface area is 137 Å². The molecule has 0 bridgehead atoms. The van der Waals surface area contributed by atoms with Gasteiger partial charge in [0.15, 0.2) is 0 Å². The van der Waals surface area contributed by atoms with Crippen molar-refractivity contribution in [2.75, 3.05) is 6.54 Å². The summed E-state index contributed by atoms with van der Waals surface area (Å²) in [6.07, 6.45) is 2.83. The second-order valence-electron chi connectivity index (χ2n) is 6.21. The zero-order valence-electron chi connectivity index (χ0n) is 13.2. The molecule has 23 heavy (non-hydrogen) atoms. The van der Waals surface area contributed by atoms with Gasteiger partial charge in [0.05, 0.1) is 12.0 Å². The Balaban J connectivity index is 1.56. The zero-order chi connectivity index (χ0) is 16.1. The molecule has 2 unspecified atom stereocenters. The molecule has 0 aromatic heterocycles. The number of benzene rings is 2. The highest BCUT2D eigenvalue weighted by atomic mass is 16.3. The number of aliphatic hydroxyl groups is 1. The minimum atomic E-state index is -0.462. The van der Waals surface area contributed by atoms with E-state index in [1.54, 1.807) is 0 Å². The van der Waals surface area contributed by atoms with Crippen molar-refractivity contribution in [2.45, 2.75) is 31.8 Å². The number of hydrogen-bond acceptors (Lipinski definition) is 2. The van der Waals surface area contributed by atoms with Gasteiger partial charge in [0, 0.05) is 6.54 Å². The quantitative estimate of drug-likeness (QED) is 0.891. The van der Waals surface area contributed by atoms with Crippen molar-refractivity contribution in [2.24, 2.45) is 5.92 Å². The molecule has 1 aliphatic carbocycles. The Kier molecular flexibility index (Phi) is 5.09. The van der Waals surface area contributed by atoms with Crippen LogP contribution in [0.5, 0.6) is 0 Å². The zero-order valence-corrected chi connectivity index (χ0v) is 13.2. The molecule has 2 aromatic carbocycles. The number of aliphatic hydroxyl groups excluding tert-OH is 1. The Morgan fingerprint density at radius 1 is 1.04 bits per heavy atom. The third-order valence-electron chi connectivity index (χ3n) is 4.56. The fourth-order valence-electron chi connectivity index (χ4n) is 3.24. The van der Waals surface area contributed by atoms with Crippen LogP contribution in [0.15, 0.2) is 54.6 Å². The highest BCUT2D eigenvalue weighted by Gasteiger charge is 2.30. The highest BCUT2D eigenvalue weighted by molar-refractivity contribution is 5.79. The molecule has 3 rings (SSSR count). The summed E-state index contributed by atoms with van der Waals surface area (Å²) in [5.41, 5.74) is 3.60. The first-order valence-corrected chi connectivity index (χ1v) is 8.34. The average Bonchev–Trinajstić information content (AvgIpc) is 3.02. The van der Waals surface area contributed by atoms with Crippen LogP contribution < -0.4 is 5.32 Å². The van der Waals surface area contributed by atoms with Gasteiger partial charge in [0.25, 0.3) is 0 Å². The summed E-state index contributed by atoms with van der Waals surface area (Å²) in [7, 11) is 0. The number of hydrogen-bond donors (Lipinski definition) is 2. The van der Waals surface area contributed by atoms with Crippen molar-refractivity contribution in [3.8, 4) is 11.1 Å². The van der Waals surface area contributed by atoms with Gasteiger partial charge in [0.1, 0.15) is 0 Å². The minimum absolute atomic E-state index is 0.00536. The number of rotatable bonds is 5. The van der Waals surface area contributed by atoms with Crippen LogP contribution in [0.3, 0.4) is 0 Å². The fraction of sp³-hybridized carbons (Fsp3) is 0.350. The summed E-state index contributed by atoms with van der Waals surface area (Å²) >= 11 is 0. The molecule has 0 spiro atoms. The Morgan fingerprint density at radius 3 is 2.57 bits per heavy atom. The normalized spacial score (nSPS) is 20.4. The van der Waals surface area contributed by atoms with Gasteiger partial charge in [-0.1, -0.05) is 54.6 Å². The molecular formula is C20H23NO2. The maximum Gasteiger partial charge on any atom is 0.225 e. The van der Waals surface area contributed by atoms with Gasteiger partial charge in [-0.3, -0.25) is 4.79 Å². The molecule has 1 fully saturated rings. The highest BCUT2D eigenvalue weighted by Crippen LogP contribution is 2.25. The molecular weight excluding hydrogens is 286 g/mol. The van der Waals surface area contributed by atoms with E-state index < -0.39 is 6.10 Å². The molecule has 0 heterocycles. The lowest BCUT2D eigenvalue weighted by Crippen LogP contribution is -2.35. The van der Waals surface area contributed by atoms with Gasteiger partial charge < -0.3 is 10.4 Å². The van der Waals surface area contributed by atoms with Gasteiger partial charge in [-0.2, -0.15) is 0 Å². The van der Waals surface area contributed by atoms with E-state index in [0.717, 1.165) is 25.7 Å². The summed E-state index contributed by atoms with van der Waals surface area (Å²) in [6.45, 7) is 0.611. The van der Waals surface area contributed by atoms with E-state index >= 15 is 0 Å². The van der Waals surface area contributed by atoms with Gasteiger partial charge in [-0.25, -0.2) is 0 Å². The van der Waals surface area contributed by atoms with Gasteiger partial charge in [-0.15, -0.1) is 0 Å². The summed E-state index contributed by atoms with van der Waals surface area (Å²) in [6, 6.07) is 18.7. The molecule has 0 aliphatic heterocycles. The van der Waals surface area contributed by atoms with Crippen molar-refractivity contribution < 1.29 is 9.90 Å². The first-order chi connectivity index (χ1) is 11.2. The summed E-state index contributed by atoms with van der Waals surface area (Å²) in [4.78, 5) is 12.1. The van der Waals surface area contributed by atoms with Crippen LogP contribution in [0, 0.1) is 5.92 Å². The van der Waals surface area contributed by atoms with Crippen LogP contribution in [-0.4, -0.2) is 23.7 Å². The average molecular weight is 309 g/mol. The van der Waals surface area contributed by atoms with Crippen LogP contribution in [0.25, 0.3) is 11.1 Å². The van der Waals surface area contributed by atoms with E-state index in [1.807, 2.05) is 18.2 Å². The maximum atomic E-state index is 12.1. The standard InChI is InChI=1S/C20H23NO2/c22-19-11-5-10-18(19)20(23)21-13-12-15-6-4-9-17(14-15)16-7-2-1-3-8-16/h1-4,6-9,14,18-19,22H,5,10-13H2,(H,21,23). The summed E-state index contributed by atoms with van der Waals surface area (Å²) < 4.78 is 0. The van der Waals surface area contributed by atoms with E-state index in [9.17, 15) is 9.90 Å². The van der Waals surface area contributed by atoms with Crippen LogP contribution in [-0.2, 0) is 11.2 Å². The van der Waals surface area contributed by atoms with Crippen LogP contribution in [0.2, 0.25) is 0 Å². The van der Waals surface area contributed by atoms with Gasteiger partial charge in [-0.05, 0) is 42.4 Å². The SMILES string of the molecule is O=C(NCCc1cccc(-c2ccccc2)c1)C1CCCC1O. The fourth-order valence-corrected chi connectivity index (χ4v) is 3.24. The molecule has 120 valence electrons. The van der Waals surface area contributed by atoms with Crippen LogP contribution in [0.4, 0.5) is 0 Å². The van der Waals surface area contributed by atoms with E-state index in [0.29, 0.717) is 6.54 Å². The molecule has 1 amide bonds. The van der Waals surface area contributed by atoms with Crippen molar-refractivity contribution in [3.63, 3.8) is 0 Å². The third kappa shape index (κ3) is 3.99. The summed E-state index contributed by atoms with van der Waals surface area (Å²) in [5, 5.41) is 12.7. The number of carbonyl (C=O) groups excluding carboxylic acids is 1. The Morgan fingerprint density at radius 2 is 1.83 bits per heavy atom. The predicted molar refractivity (Wildman–Crippen MR) is 91.9 cm³/mol. The molecule has 3 heteroatoms. The van der Waals surface area contributed by atoms with Gasteiger partial charge in [0.2, 0.25) is 5.91 Å².